The van der Waals surface area contributed by atoms with E-state index in [2.05, 4.69) is 16.0 Å². The minimum absolute atomic E-state index is 0.0472. The van der Waals surface area contributed by atoms with Crippen LogP contribution in [0.2, 0.25) is 0 Å². The highest BCUT2D eigenvalue weighted by atomic mass is 32.2. The number of hydrogen-bond acceptors (Lipinski definition) is 8. The summed E-state index contributed by atoms with van der Waals surface area (Å²) in [5.41, 5.74) is 6.57. The second-order valence-corrected chi connectivity index (χ2v) is 9.70. The topological polar surface area (TPSA) is 171 Å². The van der Waals surface area contributed by atoms with Gasteiger partial charge in [0.05, 0.1) is 6.04 Å². The fraction of sp³-hybridized carbons (Fsp3) is 0.545. The lowest BCUT2D eigenvalue weighted by atomic mass is 10.0. The number of carbonyl (C=O) groups is 4. The van der Waals surface area contributed by atoms with Crippen molar-refractivity contribution in [1.82, 2.24) is 16.0 Å². The Kier molecular flexibility index (Phi) is 13.5. The van der Waals surface area contributed by atoms with Crippen molar-refractivity contribution >= 4 is 47.2 Å². The Morgan fingerprint density at radius 2 is 1.41 bits per heavy atom. The molecule has 10 nitrogen and oxygen atoms in total. The molecule has 0 aliphatic rings. The highest BCUT2D eigenvalue weighted by Gasteiger charge is 2.29. The number of phenols is 1. The van der Waals surface area contributed by atoms with E-state index >= 15 is 0 Å². The predicted octanol–water partition coefficient (Wildman–Crippen LogP) is 0.327. The minimum Gasteiger partial charge on any atom is -0.508 e. The van der Waals surface area contributed by atoms with Crippen LogP contribution in [0.3, 0.4) is 0 Å². The number of benzene rings is 1. The largest absolute Gasteiger partial charge is 0.508 e. The maximum atomic E-state index is 13.1. The molecule has 4 atom stereocenters. The molecule has 0 bridgehead atoms. The normalized spacial score (nSPS) is 14.4. The lowest BCUT2D eigenvalue weighted by molar-refractivity contribution is -0.141. The minimum atomic E-state index is -1.22. The smallest absolute Gasteiger partial charge is 0.325 e. The molecule has 0 saturated carbocycles. The zero-order valence-electron chi connectivity index (χ0n) is 19.6. The summed E-state index contributed by atoms with van der Waals surface area (Å²) in [5, 5.41) is 26.3. The van der Waals surface area contributed by atoms with Gasteiger partial charge in [0.15, 0.2) is 0 Å². The van der Waals surface area contributed by atoms with Crippen molar-refractivity contribution < 1.29 is 29.4 Å². The fourth-order valence-electron chi connectivity index (χ4n) is 2.88. The Bertz CT molecular complexity index is 824. The number of phenolic OH excluding ortho intramolecular Hbond substituents is 1. The number of thioether (sulfide) groups is 2. The van der Waals surface area contributed by atoms with Crippen LogP contribution in [0.1, 0.15) is 25.3 Å². The first-order valence-corrected chi connectivity index (χ1v) is 13.5. The molecule has 0 spiro atoms. The van der Waals surface area contributed by atoms with Crippen LogP contribution in [0.5, 0.6) is 5.75 Å². The van der Waals surface area contributed by atoms with E-state index in [4.69, 9.17) is 10.8 Å². The van der Waals surface area contributed by atoms with Crippen LogP contribution < -0.4 is 21.7 Å². The monoisotopic (exact) mass is 514 g/mol. The molecular weight excluding hydrogens is 480 g/mol. The summed E-state index contributed by atoms with van der Waals surface area (Å²) < 4.78 is 0. The first-order chi connectivity index (χ1) is 16.1. The highest BCUT2D eigenvalue weighted by Crippen LogP contribution is 2.12. The molecule has 3 amide bonds. The van der Waals surface area contributed by atoms with Gasteiger partial charge in [-0.15, -0.1) is 0 Å². The maximum absolute atomic E-state index is 13.1. The number of aromatic hydroxyl groups is 1. The third-order valence-corrected chi connectivity index (χ3v) is 6.24. The van der Waals surface area contributed by atoms with Gasteiger partial charge in [-0.2, -0.15) is 23.5 Å². The molecular formula is C22H34N4O6S2. The average Bonchev–Trinajstić information content (AvgIpc) is 2.80. The summed E-state index contributed by atoms with van der Waals surface area (Å²) in [4.78, 5) is 49.5. The zero-order valence-corrected chi connectivity index (χ0v) is 21.2. The molecule has 0 heterocycles. The van der Waals surface area contributed by atoms with E-state index in [1.807, 2.05) is 12.5 Å². The van der Waals surface area contributed by atoms with Gasteiger partial charge in [-0.1, -0.05) is 12.1 Å². The van der Waals surface area contributed by atoms with Crippen molar-refractivity contribution in [2.45, 2.75) is 50.4 Å². The summed E-state index contributed by atoms with van der Waals surface area (Å²) >= 11 is 3.07. The third kappa shape index (κ3) is 10.7. The lowest BCUT2D eigenvalue weighted by Gasteiger charge is -2.25. The Labute approximate surface area is 208 Å². The first kappa shape index (κ1) is 29.6. The van der Waals surface area contributed by atoms with Gasteiger partial charge in [0.25, 0.3) is 0 Å². The van der Waals surface area contributed by atoms with E-state index in [0.29, 0.717) is 29.9 Å². The number of aliphatic carboxylic acids is 1. The number of amides is 3. The van der Waals surface area contributed by atoms with Gasteiger partial charge >= 0.3 is 5.97 Å². The van der Waals surface area contributed by atoms with E-state index in [1.165, 1.54) is 30.8 Å². The molecule has 1 aromatic carbocycles. The summed E-state index contributed by atoms with van der Waals surface area (Å²) in [6.07, 6.45) is 4.62. The Morgan fingerprint density at radius 3 is 1.97 bits per heavy atom. The summed E-state index contributed by atoms with van der Waals surface area (Å²) in [6.45, 7) is 1.32. The van der Waals surface area contributed by atoms with Gasteiger partial charge in [-0.3, -0.25) is 19.2 Å². The van der Waals surface area contributed by atoms with Crippen molar-refractivity contribution in [3.63, 3.8) is 0 Å². The number of rotatable bonds is 15. The van der Waals surface area contributed by atoms with Crippen molar-refractivity contribution in [2.24, 2.45) is 5.73 Å². The molecule has 0 radical (unpaired) electrons. The van der Waals surface area contributed by atoms with Crippen LogP contribution in [-0.2, 0) is 25.6 Å². The van der Waals surface area contributed by atoms with Crippen LogP contribution in [-0.4, -0.2) is 82.1 Å². The zero-order chi connectivity index (χ0) is 25.7. The molecule has 1 aromatic rings. The van der Waals surface area contributed by atoms with Gasteiger partial charge in [0, 0.05) is 6.42 Å². The number of carboxylic acid groups (broad SMARTS) is 1. The molecule has 0 aromatic heterocycles. The Balaban J connectivity index is 3.02. The molecule has 12 heteroatoms. The second kappa shape index (κ2) is 15.5. The number of hydrogen-bond donors (Lipinski definition) is 6. The van der Waals surface area contributed by atoms with Crippen molar-refractivity contribution in [3.05, 3.63) is 29.8 Å². The van der Waals surface area contributed by atoms with Gasteiger partial charge in [-0.25, -0.2) is 0 Å². The first-order valence-electron chi connectivity index (χ1n) is 10.7. The van der Waals surface area contributed by atoms with Crippen LogP contribution in [0.25, 0.3) is 0 Å². The number of carboxylic acids is 1. The van der Waals surface area contributed by atoms with Crippen LogP contribution >= 0.6 is 23.5 Å². The standard InChI is InChI=1S/C22H34N4O6S2/c1-13(22(31)32)24-21(30)18(12-14-4-6-15(27)7-5-14)26-20(29)17(9-11-34-3)25-19(28)16(23)8-10-33-2/h4-7,13,16-18,27H,8-12,23H2,1-3H3,(H,24,30)(H,25,28)(H,26,29)(H,31,32). The number of carbonyl (C=O) groups excluding carboxylic acids is 3. The molecule has 0 aliphatic carbocycles. The van der Waals surface area contributed by atoms with Gasteiger partial charge < -0.3 is 31.9 Å². The molecule has 34 heavy (non-hydrogen) atoms. The van der Waals surface area contributed by atoms with Crippen LogP contribution in [0.4, 0.5) is 0 Å². The van der Waals surface area contributed by atoms with E-state index in [9.17, 15) is 24.3 Å². The third-order valence-electron chi connectivity index (χ3n) is 4.95. The Hall–Kier alpha value is -2.44. The lowest BCUT2D eigenvalue weighted by Crippen LogP contribution is -2.57. The Morgan fingerprint density at radius 1 is 0.882 bits per heavy atom. The molecule has 0 aliphatic heterocycles. The SMILES string of the molecule is CSCCC(N)C(=O)NC(CCSC)C(=O)NC(Cc1ccc(O)cc1)C(=O)NC(C)C(=O)O. The highest BCUT2D eigenvalue weighted by molar-refractivity contribution is 7.98. The molecule has 190 valence electrons. The van der Waals surface area contributed by atoms with Crippen molar-refractivity contribution in [1.29, 1.82) is 0 Å². The summed E-state index contributed by atoms with van der Waals surface area (Å²) in [5.74, 6) is -1.58. The molecule has 0 fully saturated rings. The van der Waals surface area contributed by atoms with Crippen molar-refractivity contribution in [2.75, 3.05) is 24.0 Å². The van der Waals surface area contributed by atoms with E-state index < -0.39 is 47.9 Å². The van der Waals surface area contributed by atoms with Gasteiger partial charge in [0.2, 0.25) is 17.7 Å². The van der Waals surface area contributed by atoms with E-state index in [1.54, 1.807) is 23.9 Å². The summed E-state index contributed by atoms with van der Waals surface area (Å²) in [7, 11) is 0. The second-order valence-electron chi connectivity index (χ2n) is 7.73. The van der Waals surface area contributed by atoms with E-state index in [0.717, 1.165) is 0 Å². The fourth-order valence-corrected chi connectivity index (χ4v) is 3.85. The van der Waals surface area contributed by atoms with Gasteiger partial charge in [0.1, 0.15) is 23.9 Å². The van der Waals surface area contributed by atoms with Gasteiger partial charge in [-0.05, 0) is 61.5 Å². The van der Waals surface area contributed by atoms with Crippen LogP contribution in [0.15, 0.2) is 24.3 Å². The molecule has 1 rings (SSSR count). The summed E-state index contributed by atoms with van der Waals surface area (Å²) in [6, 6.07) is 2.16. The maximum Gasteiger partial charge on any atom is 0.325 e. The molecule has 4 unspecified atom stereocenters. The quantitative estimate of drug-likeness (QED) is 0.193. The van der Waals surface area contributed by atoms with Crippen LogP contribution in [0, 0.1) is 0 Å². The van der Waals surface area contributed by atoms with Crippen molar-refractivity contribution in [3.8, 4) is 5.75 Å². The molecule has 0 saturated heterocycles. The number of nitrogens with one attached hydrogen (secondary N) is 3. The molecule has 7 N–H and O–H groups in total. The predicted molar refractivity (Wildman–Crippen MR) is 135 cm³/mol. The van der Waals surface area contributed by atoms with E-state index in [-0.39, 0.29) is 12.2 Å². The average molecular weight is 515 g/mol. The number of nitrogens with two attached hydrogens (primary N) is 1.